The van der Waals surface area contributed by atoms with E-state index in [0.29, 0.717) is 15.6 Å². The Morgan fingerprint density at radius 2 is 2.06 bits per heavy atom. The molecule has 0 spiro atoms. The molecule has 94 valence electrons. The van der Waals surface area contributed by atoms with Gasteiger partial charge in [-0.25, -0.2) is 13.8 Å². The molecule has 2 rings (SSSR count). The number of alkyl halides is 2. The predicted molar refractivity (Wildman–Crippen MR) is 71.9 cm³/mol. The van der Waals surface area contributed by atoms with E-state index in [9.17, 15) is 8.78 Å². The summed E-state index contributed by atoms with van der Waals surface area (Å²) in [5, 5.41) is 0.643. The minimum atomic E-state index is -2.56. The van der Waals surface area contributed by atoms with E-state index >= 15 is 0 Å². The summed E-state index contributed by atoms with van der Waals surface area (Å²) in [6.45, 7) is 0. The van der Waals surface area contributed by atoms with Crippen molar-refractivity contribution in [1.29, 1.82) is 0 Å². The molecule has 2 nitrogen and oxygen atoms in total. The number of hydrogen-bond acceptors (Lipinski definition) is 3. The average molecular weight is 331 g/mol. The van der Waals surface area contributed by atoms with E-state index in [1.54, 1.807) is 24.4 Å². The fourth-order valence-corrected chi connectivity index (χ4v) is 2.77. The molecule has 1 aromatic carbocycles. The maximum atomic E-state index is 12.9. The van der Waals surface area contributed by atoms with E-state index in [1.807, 2.05) is 6.07 Å². The van der Waals surface area contributed by atoms with Crippen LogP contribution in [-0.2, 0) is 0 Å². The SMILES string of the molecule is Nc1ccc(Sc2ncccc2Br)c(C(F)F)c1. The van der Waals surface area contributed by atoms with Crippen LogP contribution in [0.3, 0.4) is 0 Å². The fraction of sp³-hybridized carbons (Fsp3) is 0.0833. The molecule has 0 aliphatic heterocycles. The van der Waals surface area contributed by atoms with Crippen LogP contribution in [0.5, 0.6) is 0 Å². The number of halogens is 3. The van der Waals surface area contributed by atoms with Gasteiger partial charge in [0.05, 0.1) is 4.47 Å². The van der Waals surface area contributed by atoms with Gasteiger partial charge in [0.15, 0.2) is 0 Å². The standard InChI is InChI=1S/C12H9BrF2N2S/c13-9-2-1-5-17-12(9)18-10-4-3-7(16)6-8(10)11(14)15/h1-6,11H,16H2. The highest BCUT2D eigenvalue weighted by Gasteiger charge is 2.15. The third kappa shape index (κ3) is 3.00. The Bertz CT molecular complexity index is 564. The molecule has 0 unspecified atom stereocenters. The molecule has 0 atom stereocenters. The van der Waals surface area contributed by atoms with Crippen molar-refractivity contribution in [2.75, 3.05) is 5.73 Å². The summed E-state index contributed by atoms with van der Waals surface area (Å²) in [6.07, 6.45) is -0.939. The van der Waals surface area contributed by atoms with Crippen LogP contribution in [0.1, 0.15) is 12.0 Å². The van der Waals surface area contributed by atoms with Crippen molar-refractivity contribution in [2.45, 2.75) is 16.3 Å². The number of nitrogens with zero attached hydrogens (tertiary/aromatic N) is 1. The second-order valence-electron chi connectivity index (χ2n) is 3.49. The van der Waals surface area contributed by atoms with Crippen LogP contribution in [0.15, 0.2) is 50.9 Å². The van der Waals surface area contributed by atoms with Crippen molar-refractivity contribution in [2.24, 2.45) is 0 Å². The molecule has 1 heterocycles. The van der Waals surface area contributed by atoms with Crippen molar-refractivity contribution in [3.05, 3.63) is 46.6 Å². The molecule has 0 saturated carbocycles. The van der Waals surface area contributed by atoms with Crippen molar-refractivity contribution < 1.29 is 8.78 Å². The van der Waals surface area contributed by atoms with E-state index in [-0.39, 0.29) is 5.56 Å². The largest absolute Gasteiger partial charge is 0.399 e. The molecule has 0 amide bonds. The van der Waals surface area contributed by atoms with Gasteiger partial charge in [0.25, 0.3) is 6.43 Å². The molecule has 1 aromatic heterocycles. The third-order valence-electron chi connectivity index (χ3n) is 2.20. The smallest absolute Gasteiger partial charge is 0.265 e. The Balaban J connectivity index is 2.37. The zero-order valence-electron chi connectivity index (χ0n) is 9.11. The van der Waals surface area contributed by atoms with E-state index in [0.717, 1.165) is 4.47 Å². The average Bonchev–Trinajstić information content (AvgIpc) is 2.34. The highest BCUT2D eigenvalue weighted by Crippen LogP contribution is 2.37. The molecule has 18 heavy (non-hydrogen) atoms. The van der Waals surface area contributed by atoms with Gasteiger partial charge in [0.1, 0.15) is 5.03 Å². The second kappa shape index (κ2) is 5.67. The van der Waals surface area contributed by atoms with Crippen LogP contribution in [0, 0.1) is 0 Å². The summed E-state index contributed by atoms with van der Waals surface area (Å²) in [6, 6.07) is 8.07. The van der Waals surface area contributed by atoms with Gasteiger partial charge in [-0.15, -0.1) is 0 Å². The van der Waals surface area contributed by atoms with Crippen molar-refractivity contribution >= 4 is 33.4 Å². The summed E-state index contributed by atoms with van der Waals surface area (Å²) >= 11 is 4.52. The fourth-order valence-electron chi connectivity index (χ4n) is 1.38. The molecular weight excluding hydrogens is 322 g/mol. The Kier molecular flexibility index (Phi) is 4.19. The maximum Gasteiger partial charge on any atom is 0.265 e. The third-order valence-corrected chi connectivity index (χ3v) is 4.21. The molecule has 0 radical (unpaired) electrons. The first-order chi connectivity index (χ1) is 8.58. The summed E-state index contributed by atoms with van der Waals surface area (Å²) in [4.78, 5) is 4.59. The minimum absolute atomic E-state index is 0.0717. The number of hydrogen-bond donors (Lipinski definition) is 1. The Hall–Kier alpha value is -1.14. The number of nitrogen functional groups attached to an aromatic ring is 1. The molecule has 0 aliphatic carbocycles. The van der Waals surface area contributed by atoms with E-state index in [2.05, 4.69) is 20.9 Å². The number of benzene rings is 1. The number of nitrogens with two attached hydrogens (primary N) is 1. The molecule has 0 saturated heterocycles. The lowest BCUT2D eigenvalue weighted by atomic mass is 10.2. The van der Waals surface area contributed by atoms with E-state index < -0.39 is 6.43 Å². The van der Waals surface area contributed by atoms with Gasteiger partial charge in [-0.05, 0) is 46.3 Å². The van der Waals surface area contributed by atoms with Crippen LogP contribution >= 0.6 is 27.7 Å². The summed E-state index contributed by atoms with van der Waals surface area (Å²) < 4.78 is 26.6. The molecule has 2 N–H and O–H groups in total. The first-order valence-electron chi connectivity index (χ1n) is 5.04. The number of aromatic nitrogens is 1. The Morgan fingerprint density at radius 1 is 1.28 bits per heavy atom. The highest BCUT2D eigenvalue weighted by atomic mass is 79.9. The van der Waals surface area contributed by atoms with Gasteiger partial charge < -0.3 is 5.73 Å². The molecular formula is C12H9BrF2N2S. The van der Waals surface area contributed by atoms with Gasteiger partial charge in [0, 0.05) is 22.3 Å². The predicted octanol–water partition coefficient (Wildman–Crippen LogP) is 4.52. The zero-order chi connectivity index (χ0) is 13.1. The minimum Gasteiger partial charge on any atom is -0.399 e. The summed E-state index contributed by atoms with van der Waals surface area (Å²) in [5.41, 5.74) is 5.78. The van der Waals surface area contributed by atoms with Crippen LogP contribution in [-0.4, -0.2) is 4.98 Å². The Labute approximate surface area is 116 Å². The van der Waals surface area contributed by atoms with E-state index in [1.165, 1.54) is 17.8 Å². The van der Waals surface area contributed by atoms with Crippen molar-refractivity contribution in [3.63, 3.8) is 0 Å². The molecule has 0 fully saturated rings. The Morgan fingerprint density at radius 3 is 2.72 bits per heavy atom. The van der Waals surface area contributed by atoms with E-state index in [4.69, 9.17) is 5.73 Å². The first-order valence-corrected chi connectivity index (χ1v) is 6.65. The topological polar surface area (TPSA) is 38.9 Å². The first kappa shape index (κ1) is 13.3. The van der Waals surface area contributed by atoms with Crippen LogP contribution < -0.4 is 5.73 Å². The van der Waals surface area contributed by atoms with Gasteiger partial charge in [-0.3, -0.25) is 0 Å². The lowest BCUT2D eigenvalue weighted by Gasteiger charge is -2.09. The normalized spacial score (nSPS) is 10.9. The summed E-state index contributed by atoms with van der Waals surface area (Å²) in [5.74, 6) is 0. The second-order valence-corrected chi connectivity index (χ2v) is 5.38. The van der Waals surface area contributed by atoms with Crippen molar-refractivity contribution in [3.8, 4) is 0 Å². The van der Waals surface area contributed by atoms with Gasteiger partial charge in [-0.2, -0.15) is 0 Å². The number of rotatable bonds is 3. The van der Waals surface area contributed by atoms with Crippen LogP contribution in [0.2, 0.25) is 0 Å². The van der Waals surface area contributed by atoms with Crippen molar-refractivity contribution in [1.82, 2.24) is 4.98 Å². The number of pyridine rings is 1. The quantitative estimate of drug-likeness (QED) is 0.841. The molecule has 2 aromatic rings. The molecule has 6 heteroatoms. The monoisotopic (exact) mass is 330 g/mol. The number of anilines is 1. The van der Waals surface area contributed by atoms with Gasteiger partial charge >= 0.3 is 0 Å². The lowest BCUT2D eigenvalue weighted by molar-refractivity contribution is 0.148. The van der Waals surface area contributed by atoms with Crippen LogP contribution in [0.4, 0.5) is 14.5 Å². The molecule has 0 bridgehead atoms. The highest BCUT2D eigenvalue weighted by molar-refractivity contribution is 9.10. The van der Waals surface area contributed by atoms with Crippen LogP contribution in [0.25, 0.3) is 0 Å². The maximum absolute atomic E-state index is 12.9. The van der Waals surface area contributed by atoms with Gasteiger partial charge in [-0.1, -0.05) is 11.8 Å². The molecule has 0 aliphatic rings. The van der Waals surface area contributed by atoms with Gasteiger partial charge in [0.2, 0.25) is 0 Å². The lowest BCUT2D eigenvalue weighted by Crippen LogP contribution is -1.93. The summed E-state index contributed by atoms with van der Waals surface area (Å²) in [7, 11) is 0. The zero-order valence-corrected chi connectivity index (χ0v) is 11.5.